The molecule has 0 amide bonds. The molecule has 0 spiro atoms. The Morgan fingerprint density at radius 1 is 1.31 bits per heavy atom. The predicted molar refractivity (Wildman–Crippen MR) is 99.1 cm³/mol. The maximum absolute atomic E-state index is 9.49. The second kappa shape index (κ2) is 7.25. The minimum Gasteiger partial charge on any atom is -0.394 e. The van der Waals surface area contributed by atoms with Crippen molar-refractivity contribution < 1.29 is 5.11 Å². The number of rotatable bonds is 8. The van der Waals surface area contributed by atoms with Gasteiger partial charge in [0, 0.05) is 18.2 Å². The van der Waals surface area contributed by atoms with Crippen molar-refractivity contribution in [3.63, 3.8) is 0 Å². The number of aliphatic hydroxyl groups excluding tert-OH is 1. The molecule has 4 rings (SSSR count). The molecule has 26 heavy (non-hydrogen) atoms. The van der Waals surface area contributed by atoms with E-state index in [1.54, 1.807) is 6.20 Å². The Bertz CT molecular complexity index is 872. The monoisotopic (exact) mass is 353 g/mol. The summed E-state index contributed by atoms with van der Waals surface area (Å²) in [6.45, 7) is 2.68. The molecule has 0 bridgehead atoms. The Balaban J connectivity index is 1.67. The van der Waals surface area contributed by atoms with E-state index in [4.69, 9.17) is 0 Å². The Morgan fingerprint density at radius 3 is 2.88 bits per heavy atom. The van der Waals surface area contributed by atoms with E-state index in [1.807, 2.05) is 35.7 Å². The average molecular weight is 353 g/mol. The van der Waals surface area contributed by atoms with Crippen molar-refractivity contribution in [3.05, 3.63) is 42.0 Å². The normalized spacial score (nSPS) is 15.2. The van der Waals surface area contributed by atoms with Crippen LogP contribution in [-0.4, -0.2) is 42.6 Å². The van der Waals surface area contributed by atoms with Gasteiger partial charge in [0.05, 0.1) is 30.6 Å². The largest absolute Gasteiger partial charge is 0.394 e. The molecule has 1 unspecified atom stereocenters. The van der Waals surface area contributed by atoms with E-state index >= 15 is 0 Å². The molecule has 1 fully saturated rings. The maximum atomic E-state index is 9.49. The van der Waals surface area contributed by atoms with Crippen LogP contribution >= 0.6 is 0 Å². The zero-order chi connectivity index (χ0) is 17.9. The molecule has 3 heterocycles. The summed E-state index contributed by atoms with van der Waals surface area (Å²) in [5.74, 6) is 2.04. The number of aromatic nitrogens is 5. The van der Waals surface area contributed by atoms with E-state index < -0.39 is 0 Å². The third-order valence-electron chi connectivity index (χ3n) is 4.59. The van der Waals surface area contributed by atoms with Gasteiger partial charge in [-0.1, -0.05) is 13.0 Å². The lowest BCUT2D eigenvalue weighted by Crippen LogP contribution is -2.24. The van der Waals surface area contributed by atoms with Crippen molar-refractivity contribution in [3.8, 4) is 0 Å². The first-order chi connectivity index (χ1) is 12.8. The lowest BCUT2D eigenvalue weighted by Gasteiger charge is -2.16. The first-order valence-electron chi connectivity index (χ1n) is 9.06. The molecule has 8 nitrogen and oxygen atoms in total. The van der Waals surface area contributed by atoms with Crippen LogP contribution in [0.5, 0.6) is 0 Å². The SMILES string of the molecule is CCC(CO)Nc1cc(NCc2ccccn2)c2nnc(C3CC3)n2n1. The van der Waals surface area contributed by atoms with Crippen LogP contribution in [0.4, 0.5) is 11.5 Å². The molecule has 0 aliphatic heterocycles. The van der Waals surface area contributed by atoms with Crippen molar-refractivity contribution in [1.29, 1.82) is 0 Å². The van der Waals surface area contributed by atoms with E-state index in [-0.39, 0.29) is 12.6 Å². The van der Waals surface area contributed by atoms with E-state index in [1.165, 1.54) is 0 Å². The molecule has 3 aromatic heterocycles. The lowest BCUT2D eigenvalue weighted by molar-refractivity contribution is 0.271. The van der Waals surface area contributed by atoms with E-state index in [0.29, 0.717) is 23.9 Å². The fourth-order valence-electron chi connectivity index (χ4n) is 2.87. The van der Waals surface area contributed by atoms with Crippen LogP contribution in [0.15, 0.2) is 30.5 Å². The maximum Gasteiger partial charge on any atom is 0.201 e. The highest BCUT2D eigenvalue weighted by atomic mass is 16.3. The first-order valence-corrected chi connectivity index (χ1v) is 9.06. The van der Waals surface area contributed by atoms with Gasteiger partial charge in [0.15, 0.2) is 5.82 Å². The minimum absolute atomic E-state index is 0.0376. The van der Waals surface area contributed by atoms with Gasteiger partial charge in [-0.05, 0) is 31.4 Å². The van der Waals surface area contributed by atoms with Gasteiger partial charge >= 0.3 is 0 Å². The molecular weight excluding hydrogens is 330 g/mol. The molecule has 1 aliphatic carbocycles. The van der Waals surface area contributed by atoms with Crippen LogP contribution in [-0.2, 0) is 6.54 Å². The zero-order valence-electron chi connectivity index (χ0n) is 14.8. The Morgan fingerprint density at radius 2 is 2.19 bits per heavy atom. The van der Waals surface area contributed by atoms with Crippen LogP contribution in [0.2, 0.25) is 0 Å². The number of hydrogen-bond acceptors (Lipinski definition) is 7. The summed E-state index contributed by atoms with van der Waals surface area (Å²) < 4.78 is 1.82. The van der Waals surface area contributed by atoms with Gasteiger partial charge in [0.25, 0.3) is 0 Å². The summed E-state index contributed by atoms with van der Waals surface area (Å²) >= 11 is 0. The second-order valence-corrected chi connectivity index (χ2v) is 6.62. The van der Waals surface area contributed by atoms with Crippen molar-refractivity contribution in [2.45, 2.75) is 44.7 Å². The van der Waals surface area contributed by atoms with Gasteiger partial charge < -0.3 is 15.7 Å². The highest BCUT2D eigenvalue weighted by Gasteiger charge is 2.30. The smallest absolute Gasteiger partial charge is 0.201 e. The number of nitrogens with one attached hydrogen (secondary N) is 2. The summed E-state index contributed by atoms with van der Waals surface area (Å²) in [6, 6.07) is 7.72. The van der Waals surface area contributed by atoms with E-state index in [9.17, 15) is 5.11 Å². The highest BCUT2D eigenvalue weighted by Crippen LogP contribution is 2.39. The summed E-state index contributed by atoms with van der Waals surface area (Å²) in [5.41, 5.74) is 2.51. The first kappa shape index (κ1) is 16.7. The Hall–Kier alpha value is -2.74. The lowest BCUT2D eigenvalue weighted by atomic mass is 10.2. The second-order valence-electron chi connectivity index (χ2n) is 6.62. The number of nitrogens with zero attached hydrogens (tertiary/aromatic N) is 5. The fourth-order valence-corrected chi connectivity index (χ4v) is 2.87. The molecule has 1 atom stereocenters. The number of aliphatic hydroxyl groups is 1. The van der Waals surface area contributed by atoms with Crippen LogP contribution in [0.3, 0.4) is 0 Å². The topological polar surface area (TPSA) is 100 Å². The molecule has 3 aromatic rings. The molecule has 0 radical (unpaired) electrons. The van der Waals surface area contributed by atoms with E-state index in [2.05, 4.69) is 30.9 Å². The van der Waals surface area contributed by atoms with Crippen LogP contribution in [0.1, 0.15) is 43.6 Å². The van der Waals surface area contributed by atoms with Gasteiger partial charge in [0.2, 0.25) is 5.65 Å². The summed E-state index contributed by atoms with van der Waals surface area (Å²) in [7, 11) is 0. The van der Waals surface area contributed by atoms with Gasteiger partial charge in [-0.15, -0.1) is 15.3 Å². The quantitative estimate of drug-likeness (QED) is 0.571. The van der Waals surface area contributed by atoms with Crippen molar-refractivity contribution in [2.24, 2.45) is 0 Å². The summed E-state index contributed by atoms with van der Waals surface area (Å²) in [4.78, 5) is 4.35. The average Bonchev–Trinajstić information content (AvgIpc) is 3.44. The molecule has 3 N–H and O–H groups in total. The Kier molecular flexibility index (Phi) is 4.66. The number of pyridine rings is 1. The van der Waals surface area contributed by atoms with Gasteiger partial charge in [-0.25, -0.2) is 0 Å². The van der Waals surface area contributed by atoms with Crippen molar-refractivity contribution in [2.75, 3.05) is 17.2 Å². The predicted octanol–water partition coefficient (Wildman–Crippen LogP) is 2.19. The summed E-state index contributed by atoms with van der Waals surface area (Å²) in [6.07, 6.45) is 4.85. The molecule has 8 heteroatoms. The molecular formula is C18H23N7O. The van der Waals surface area contributed by atoms with Crippen LogP contribution < -0.4 is 10.6 Å². The minimum atomic E-state index is -0.0376. The standard InChI is InChI=1S/C18H23N7O/c1-2-13(11-26)21-16-9-15(20-10-14-5-3-4-8-19-14)18-23-22-17(12-6-7-12)25(18)24-16/h3-5,8-9,12-13,20,26H,2,6-7,10-11H2,1H3,(H,21,24). The molecule has 0 saturated heterocycles. The van der Waals surface area contributed by atoms with Gasteiger partial charge in [0.1, 0.15) is 5.82 Å². The highest BCUT2D eigenvalue weighted by molar-refractivity contribution is 5.70. The number of hydrogen-bond donors (Lipinski definition) is 3. The molecule has 1 saturated carbocycles. The number of anilines is 2. The molecule has 1 aliphatic rings. The van der Waals surface area contributed by atoms with Gasteiger partial charge in [-0.3, -0.25) is 4.98 Å². The zero-order valence-corrected chi connectivity index (χ0v) is 14.8. The van der Waals surface area contributed by atoms with E-state index in [0.717, 1.165) is 36.5 Å². The van der Waals surface area contributed by atoms with Crippen molar-refractivity contribution >= 4 is 17.2 Å². The Labute approximate surface area is 151 Å². The van der Waals surface area contributed by atoms with Crippen LogP contribution in [0.25, 0.3) is 5.65 Å². The third kappa shape index (κ3) is 3.45. The van der Waals surface area contributed by atoms with Crippen molar-refractivity contribution in [1.82, 2.24) is 24.8 Å². The molecule has 0 aromatic carbocycles. The van der Waals surface area contributed by atoms with Gasteiger partial charge in [-0.2, -0.15) is 4.52 Å². The molecule has 136 valence electrons. The third-order valence-corrected chi connectivity index (χ3v) is 4.59. The fraction of sp³-hybridized carbons (Fsp3) is 0.444. The number of fused-ring (bicyclic) bond motifs is 1. The summed E-state index contributed by atoms with van der Waals surface area (Å²) in [5, 5.41) is 29.5. The van der Waals surface area contributed by atoms with Crippen LogP contribution in [0, 0.1) is 0 Å².